The number of aliphatic imine (C=N–C) groups is 1. The topological polar surface area (TPSA) is 98.4 Å². The molecule has 0 spiro atoms. The summed E-state index contributed by atoms with van der Waals surface area (Å²) < 4.78 is 27.2. The predicted octanol–water partition coefficient (Wildman–Crippen LogP) is 3.09. The molecule has 9 heteroatoms. The van der Waals surface area contributed by atoms with Crippen LogP contribution in [0.25, 0.3) is 10.9 Å². The fourth-order valence-corrected chi connectivity index (χ4v) is 4.24. The largest absolute Gasteiger partial charge is 0.361 e. The molecule has 0 fully saturated rings. The van der Waals surface area contributed by atoms with Crippen molar-refractivity contribution in [1.82, 2.24) is 20.3 Å². The quantitative estimate of drug-likeness (QED) is 0.149. The standard InChI is InChI=1S/C22H29N5O2S.HI/c1-16-4-7-19(8-5-16)30(28,29)27-13-12-25-22(23-3)24-11-10-18-15-26-21-14-17(2)6-9-20(18)21;/h4-9,14-15,26-27H,10-13H2,1-3H3,(H2,23,24,25);1H. The summed E-state index contributed by atoms with van der Waals surface area (Å²) in [6.45, 7) is 5.41. The average Bonchev–Trinajstić information content (AvgIpc) is 3.12. The molecule has 2 aromatic carbocycles. The maximum atomic E-state index is 12.3. The first-order chi connectivity index (χ1) is 14.4. The molecule has 0 radical (unpaired) electrons. The van der Waals surface area contributed by atoms with Gasteiger partial charge in [-0.05, 0) is 49.6 Å². The summed E-state index contributed by atoms with van der Waals surface area (Å²) in [6, 6.07) is 13.2. The molecule has 0 amide bonds. The van der Waals surface area contributed by atoms with Gasteiger partial charge in [0, 0.05) is 43.8 Å². The van der Waals surface area contributed by atoms with Gasteiger partial charge in [0.1, 0.15) is 0 Å². The highest BCUT2D eigenvalue weighted by molar-refractivity contribution is 14.0. The Morgan fingerprint density at radius 2 is 1.65 bits per heavy atom. The minimum absolute atomic E-state index is 0. The van der Waals surface area contributed by atoms with E-state index in [0.29, 0.717) is 12.5 Å². The fourth-order valence-electron chi connectivity index (χ4n) is 3.21. The van der Waals surface area contributed by atoms with Crippen molar-refractivity contribution in [2.45, 2.75) is 25.2 Å². The number of hydrogen-bond acceptors (Lipinski definition) is 3. The summed E-state index contributed by atoms with van der Waals surface area (Å²) in [5, 5.41) is 7.63. The van der Waals surface area contributed by atoms with E-state index in [1.54, 1.807) is 31.3 Å². The Labute approximate surface area is 201 Å². The summed E-state index contributed by atoms with van der Waals surface area (Å²) in [5.41, 5.74) is 4.65. The number of aromatic amines is 1. The Morgan fingerprint density at radius 3 is 2.35 bits per heavy atom. The molecule has 7 nitrogen and oxygen atoms in total. The van der Waals surface area contributed by atoms with Crippen LogP contribution < -0.4 is 15.4 Å². The molecule has 3 aromatic rings. The summed E-state index contributed by atoms with van der Waals surface area (Å²) in [4.78, 5) is 7.77. The van der Waals surface area contributed by atoms with Crippen LogP contribution in [-0.2, 0) is 16.4 Å². The summed E-state index contributed by atoms with van der Waals surface area (Å²) in [6.07, 6.45) is 2.89. The maximum absolute atomic E-state index is 12.3. The summed E-state index contributed by atoms with van der Waals surface area (Å²) in [7, 11) is -1.81. The first-order valence-electron chi connectivity index (χ1n) is 9.96. The zero-order chi connectivity index (χ0) is 21.6. The van der Waals surface area contributed by atoms with Gasteiger partial charge >= 0.3 is 0 Å². The van der Waals surface area contributed by atoms with Crippen LogP contribution in [-0.4, -0.2) is 46.0 Å². The Bertz CT molecular complexity index is 1120. The molecule has 168 valence electrons. The molecule has 0 aliphatic heterocycles. The van der Waals surface area contributed by atoms with Crippen LogP contribution in [0.2, 0.25) is 0 Å². The SMILES string of the molecule is CN=C(NCCNS(=O)(=O)c1ccc(C)cc1)NCCc1c[nH]c2cc(C)ccc12.I. The highest BCUT2D eigenvalue weighted by Crippen LogP contribution is 2.19. The number of nitrogens with one attached hydrogen (secondary N) is 4. The van der Waals surface area contributed by atoms with E-state index >= 15 is 0 Å². The number of halogens is 1. The lowest BCUT2D eigenvalue weighted by Crippen LogP contribution is -2.42. The molecule has 0 aliphatic carbocycles. The molecule has 0 aliphatic rings. The molecule has 0 saturated carbocycles. The van der Waals surface area contributed by atoms with Gasteiger partial charge in [-0.15, -0.1) is 24.0 Å². The van der Waals surface area contributed by atoms with Crippen molar-refractivity contribution in [3.8, 4) is 0 Å². The monoisotopic (exact) mass is 555 g/mol. The van der Waals surface area contributed by atoms with E-state index in [2.05, 4.69) is 50.5 Å². The van der Waals surface area contributed by atoms with Gasteiger partial charge in [0.25, 0.3) is 0 Å². The Balaban J connectivity index is 0.00000341. The van der Waals surface area contributed by atoms with E-state index < -0.39 is 10.0 Å². The fraction of sp³-hybridized carbons (Fsp3) is 0.318. The van der Waals surface area contributed by atoms with E-state index in [9.17, 15) is 8.42 Å². The number of benzene rings is 2. The lowest BCUT2D eigenvalue weighted by Gasteiger charge is -2.12. The Kier molecular flexibility index (Phi) is 9.32. The third kappa shape index (κ3) is 6.94. The van der Waals surface area contributed by atoms with Crippen LogP contribution in [0.3, 0.4) is 0 Å². The third-order valence-corrected chi connectivity index (χ3v) is 6.35. The van der Waals surface area contributed by atoms with Gasteiger partial charge in [-0.1, -0.05) is 29.8 Å². The van der Waals surface area contributed by atoms with Gasteiger partial charge in [0.15, 0.2) is 5.96 Å². The number of fused-ring (bicyclic) bond motifs is 1. The van der Waals surface area contributed by atoms with Gasteiger partial charge in [-0.3, -0.25) is 4.99 Å². The average molecular weight is 555 g/mol. The van der Waals surface area contributed by atoms with Gasteiger partial charge < -0.3 is 15.6 Å². The van der Waals surface area contributed by atoms with E-state index in [1.807, 2.05) is 13.1 Å². The van der Waals surface area contributed by atoms with Crippen molar-refractivity contribution in [2.75, 3.05) is 26.7 Å². The number of nitrogens with zero attached hydrogens (tertiary/aromatic N) is 1. The van der Waals surface area contributed by atoms with Crippen LogP contribution in [0, 0.1) is 13.8 Å². The van der Waals surface area contributed by atoms with Crippen molar-refractivity contribution in [2.24, 2.45) is 4.99 Å². The zero-order valence-corrected chi connectivity index (χ0v) is 21.2. The number of rotatable bonds is 8. The molecule has 0 bridgehead atoms. The molecule has 1 aromatic heterocycles. The second-order valence-corrected chi connectivity index (χ2v) is 9.02. The Morgan fingerprint density at radius 1 is 0.968 bits per heavy atom. The van der Waals surface area contributed by atoms with Crippen LogP contribution in [0.15, 0.2) is 58.5 Å². The summed E-state index contributed by atoms with van der Waals surface area (Å²) >= 11 is 0. The van der Waals surface area contributed by atoms with E-state index in [0.717, 1.165) is 24.0 Å². The van der Waals surface area contributed by atoms with Crippen LogP contribution in [0.4, 0.5) is 0 Å². The minimum Gasteiger partial charge on any atom is -0.361 e. The van der Waals surface area contributed by atoms with Gasteiger partial charge in [0.2, 0.25) is 10.0 Å². The highest BCUT2D eigenvalue weighted by Gasteiger charge is 2.12. The van der Waals surface area contributed by atoms with Crippen molar-refractivity contribution in [1.29, 1.82) is 0 Å². The second kappa shape index (κ2) is 11.5. The highest BCUT2D eigenvalue weighted by atomic mass is 127. The van der Waals surface area contributed by atoms with Crippen molar-refractivity contribution >= 4 is 50.9 Å². The number of aryl methyl sites for hydroxylation is 2. The molecule has 0 atom stereocenters. The molecule has 0 saturated heterocycles. The van der Waals surface area contributed by atoms with Crippen molar-refractivity contribution in [3.63, 3.8) is 0 Å². The van der Waals surface area contributed by atoms with Gasteiger partial charge in [-0.25, -0.2) is 13.1 Å². The third-order valence-electron chi connectivity index (χ3n) is 4.87. The first-order valence-corrected chi connectivity index (χ1v) is 11.4. The van der Waals surface area contributed by atoms with Gasteiger partial charge in [0.05, 0.1) is 4.90 Å². The zero-order valence-electron chi connectivity index (χ0n) is 18.0. The second-order valence-electron chi connectivity index (χ2n) is 7.25. The summed E-state index contributed by atoms with van der Waals surface area (Å²) in [5.74, 6) is 0.639. The van der Waals surface area contributed by atoms with Crippen molar-refractivity contribution < 1.29 is 8.42 Å². The van der Waals surface area contributed by atoms with Crippen LogP contribution in [0.1, 0.15) is 16.7 Å². The van der Waals surface area contributed by atoms with Crippen LogP contribution in [0.5, 0.6) is 0 Å². The minimum atomic E-state index is -3.51. The number of aromatic nitrogens is 1. The number of guanidine groups is 1. The molecular formula is C22H30IN5O2S. The molecule has 3 rings (SSSR count). The van der Waals surface area contributed by atoms with Gasteiger partial charge in [-0.2, -0.15) is 0 Å². The van der Waals surface area contributed by atoms with E-state index in [1.165, 1.54) is 16.5 Å². The number of sulfonamides is 1. The van der Waals surface area contributed by atoms with Crippen LogP contribution >= 0.6 is 24.0 Å². The molecule has 0 unspecified atom stereocenters. The maximum Gasteiger partial charge on any atom is 0.240 e. The molecule has 4 N–H and O–H groups in total. The first kappa shape index (κ1) is 25.2. The molecule has 31 heavy (non-hydrogen) atoms. The number of hydrogen-bond donors (Lipinski definition) is 4. The molecular weight excluding hydrogens is 525 g/mol. The smallest absolute Gasteiger partial charge is 0.240 e. The van der Waals surface area contributed by atoms with E-state index in [-0.39, 0.29) is 35.4 Å². The normalized spacial score (nSPS) is 11.9. The van der Waals surface area contributed by atoms with Crippen molar-refractivity contribution in [3.05, 3.63) is 65.4 Å². The number of H-pyrrole nitrogens is 1. The Hall–Kier alpha value is -2.11. The lowest BCUT2D eigenvalue weighted by molar-refractivity contribution is 0.580. The lowest BCUT2D eigenvalue weighted by atomic mass is 10.1. The molecule has 1 heterocycles. The van der Waals surface area contributed by atoms with E-state index in [4.69, 9.17) is 0 Å². The predicted molar refractivity (Wildman–Crippen MR) is 138 cm³/mol.